The van der Waals surface area contributed by atoms with Crippen molar-refractivity contribution in [1.82, 2.24) is 10.2 Å². The summed E-state index contributed by atoms with van der Waals surface area (Å²) in [6.45, 7) is 7.57. The van der Waals surface area contributed by atoms with E-state index >= 15 is 0 Å². The predicted octanol–water partition coefficient (Wildman–Crippen LogP) is 3.41. The van der Waals surface area contributed by atoms with Gasteiger partial charge in [0.1, 0.15) is 0 Å². The molecule has 1 aromatic rings. The molecular weight excluding hydrogens is 256 g/mol. The Balaban J connectivity index is 2.08. The van der Waals surface area contributed by atoms with Crippen LogP contribution in [0, 0.1) is 5.92 Å². The number of nitrogens with one attached hydrogen (secondary N) is 1. The van der Waals surface area contributed by atoms with Gasteiger partial charge < -0.3 is 5.32 Å². The molecule has 1 fully saturated rings. The lowest BCUT2D eigenvalue weighted by Gasteiger charge is -2.42. The summed E-state index contributed by atoms with van der Waals surface area (Å²) in [6, 6.07) is 11.7. The number of rotatable bonds is 4. The first-order chi connectivity index (χ1) is 9.22. The zero-order chi connectivity index (χ0) is 13.7. The van der Waals surface area contributed by atoms with Crippen LogP contribution in [-0.4, -0.2) is 30.6 Å². The van der Waals surface area contributed by atoms with Crippen LogP contribution in [0.5, 0.6) is 0 Å². The fraction of sp³-hybridized carbons (Fsp3) is 0.500. The number of halogens is 1. The standard InChI is InChI=1S/C16H23ClN2/c1-13(2)16-11-18-15(12-19(16)10-6-9-17)14-7-4-3-5-8-14/h3-9,13,15-16,18H,10-12H2,1-2H3/b9-6+. The van der Waals surface area contributed by atoms with Crippen molar-refractivity contribution in [2.45, 2.75) is 25.9 Å². The Kier molecular flexibility index (Phi) is 5.44. The molecule has 0 aromatic heterocycles. The number of nitrogens with zero attached hydrogens (tertiary/aromatic N) is 1. The molecule has 2 atom stereocenters. The maximum Gasteiger partial charge on any atom is 0.0450 e. The molecule has 2 nitrogen and oxygen atoms in total. The van der Waals surface area contributed by atoms with Gasteiger partial charge in [-0.2, -0.15) is 0 Å². The molecule has 0 amide bonds. The number of hydrogen-bond acceptors (Lipinski definition) is 2. The van der Waals surface area contributed by atoms with Crippen LogP contribution in [0.2, 0.25) is 0 Å². The van der Waals surface area contributed by atoms with E-state index in [4.69, 9.17) is 11.6 Å². The Morgan fingerprint density at radius 3 is 2.74 bits per heavy atom. The maximum absolute atomic E-state index is 5.68. The van der Waals surface area contributed by atoms with E-state index in [0.29, 0.717) is 18.0 Å². The third kappa shape index (κ3) is 3.82. The highest BCUT2D eigenvalue weighted by atomic mass is 35.5. The van der Waals surface area contributed by atoms with Crippen molar-refractivity contribution in [3.63, 3.8) is 0 Å². The first-order valence-corrected chi connectivity index (χ1v) is 7.43. The van der Waals surface area contributed by atoms with Crippen LogP contribution >= 0.6 is 11.6 Å². The van der Waals surface area contributed by atoms with E-state index in [0.717, 1.165) is 19.6 Å². The van der Waals surface area contributed by atoms with Crippen molar-refractivity contribution in [1.29, 1.82) is 0 Å². The van der Waals surface area contributed by atoms with E-state index in [9.17, 15) is 0 Å². The third-order valence-corrected chi connectivity index (χ3v) is 4.04. The highest BCUT2D eigenvalue weighted by Crippen LogP contribution is 2.23. The molecule has 2 unspecified atom stereocenters. The molecule has 0 radical (unpaired) electrons. The zero-order valence-corrected chi connectivity index (χ0v) is 12.5. The fourth-order valence-corrected chi connectivity index (χ4v) is 2.86. The van der Waals surface area contributed by atoms with E-state index in [1.54, 1.807) is 5.54 Å². The Labute approximate surface area is 121 Å². The van der Waals surface area contributed by atoms with E-state index in [1.807, 2.05) is 6.08 Å². The Morgan fingerprint density at radius 2 is 2.11 bits per heavy atom. The lowest BCUT2D eigenvalue weighted by atomic mass is 9.96. The number of piperazine rings is 1. The molecule has 0 saturated carbocycles. The van der Waals surface area contributed by atoms with Gasteiger partial charge >= 0.3 is 0 Å². The Morgan fingerprint density at radius 1 is 1.37 bits per heavy atom. The average molecular weight is 279 g/mol. The lowest BCUT2D eigenvalue weighted by Crippen LogP contribution is -2.54. The van der Waals surface area contributed by atoms with Crippen LogP contribution in [0.15, 0.2) is 41.9 Å². The highest BCUT2D eigenvalue weighted by molar-refractivity contribution is 6.25. The molecule has 3 heteroatoms. The Bertz CT molecular complexity index is 402. The molecular formula is C16H23ClN2. The summed E-state index contributed by atoms with van der Waals surface area (Å²) in [5.74, 6) is 0.646. The monoisotopic (exact) mass is 278 g/mol. The van der Waals surface area contributed by atoms with Crippen molar-refractivity contribution < 1.29 is 0 Å². The van der Waals surface area contributed by atoms with Gasteiger partial charge in [-0.25, -0.2) is 0 Å². The molecule has 2 rings (SSSR count). The second-order valence-electron chi connectivity index (χ2n) is 5.50. The summed E-state index contributed by atoms with van der Waals surface area (Å²) in [6.07, 6.45) is 2.03. The molecule has 0 aliphatic carbocycles. The normalized spacial score (nSPS) is 25.3. The van der Waals surface area contributed by atoms with Gasteiger partial charge in [0, 0.05) is 37.3 Å². The quantitative estimate of drug-likeness (QED) is 0.908. The van der Waals surface area contributed by atoms with Gasteiger partial charge in [-0.3, -0.25) is 4.90 Å². The van der Waals surface area contributed by atoms with Crippen molar-refractivity contribution in [3.05, 3.63) is 47.5 Å². The maximum atomic E-state index is 5.68. The molecule has 104 valence electrons. The summed E-state index contributed by atoms with van der Waals surface area (Å²) >= 11 is 5.68. The molecule has 1 aromatic carbocycles. The third-order valence-electron chi connectivity index (χ3n) is 3.86. The lowest BCUT2D eigenvalue weighted by molar-refractivity contribution is 0.111. The van der Waals surface area contributed by atoms with Crippen molar-refractivity contribution in [3.8, 4) is 0 Å². The van der Waals surface area contributed by atoms with E-state index in [2.05, 4.69) is 54.4 Å². The van der Waals surface area contributed by atoms with Gasteiger partial charge in [0.05, 0.1) is 0 Å². The summed E-state index contributed by atoms with van der Waals surface area (Å²) in [5.41, 5.74) is 2.99. The molecule has 1 heterocycles. The van der Waals surface area contributed by atoms with E-state index < -0.39 is 0 Å². The molecule has 0 spiro atoms. The minimum atomic E-state index is 0.417. The van der Waals surface area contributed by atoms with Gasteiger partial charge in [-0.15, -0.1) is 0 Å². The molecule has 0 bridgehead atoms. The molecule has 1 saturated heterocycles. The van der Waals surface area contributed by atoms with Gasteiger partial charge in [0.15, 0.2) is 0 Å². The second kappa shape index (κ2) is 7.09. The number of hydrogen-bond donors (Lipinski definition) is 1. The molecule has 1 aliphatic rings. The topological polar surface area (TPSA) is 15.3 Å². The van der Waals surface area contributed by atoms with Gasteiger partial charge in [-0.05, 0) is 11.5 Å². The predicted molar refractivity (Wildman–Crippen MR) is 82.4 cm³/mol. The van der Waals surface area contributed by atoms with Crippen LogP contribution in [0.25, 0.3) is 0 Å². The summed E-state index contributed by atoms with van der Waals surface area (Å²) in [7, 11) is 0. The SMILES string of the molecule is CC(C)C1CNC(c2ccccc2)CN1C/C=C/Cl. The minimum absolute atomic E-state index is 0.417. The first kappa shape index (κ1) is 14.6. The van der Waals surface area contributed by atoms with Crippen molar-refractivity contribution in [2.75, 3.05) is 19.6 Å². The molecule has 1 N–H and O–H groups in total. The second-order valence-corrected chi connectivity index (χ2v) is 5.75. The fourth-order valence-electron chi connectivity index (χ4n) is 2.78. The van der Waals surface area contributed by atoms with Crippen LogP contribution < -0.4 is 5.32 Å². The van der Waals surface area contributed by atoms with Gasteiger partial charge in [-0.1, -0.05) is 61.9 Å². The minimum Gasteiger partial charge on any atom is -0.307 e. The van der Waals surface area contributed by atoms with Crippen LogP contribution in [0.1, 0.15) is 25.5 Å². The van der Waals surface area contributed by atoms with Gasteiger partial charge in [0.25, 0.3) is 0 Å². The van der Waals surface area contributed by atoms with E-state index in [1.165, 1.54) is 5.56 Å². The van der Waals surface area contributed by atoms with Crippen LogP contribution in [-0.2, 0) is 0 Å². The Hall–Kier alpha value is -0.830. The summed E-state index contributed by atoms with van der Waals surface area (Å²) < 4.78 is 0. The van der Waals surface area contributed by atoms with Crippen molar-refractivity contribution in [2.24, 2.45) is 5.92 Å². The van der Waals surface area contributed by atoms with Crippen LogP contribution in [0.3, 0.4) is 0 Å². The summed E-state index contributed by atoms with van der Waals surface area (Å²) in [5, 5.41) is 3.67. The van der Waals surface area contributed by atoms with E-state index in [-0.39, 0.29) is 0 Å². The first-order valence-electron chi connectivity index (χ1n) is 7.00. The summed E-state index contributed by atoms with van der Waals surface area (Å²) in [4.78, 5) is 2.53. The largest absolute Gasteiger partial charge is 0.307 e. The molecule has 19 heavy (non-hydrogen) atoms. The van der Waals surface area contributed by atoms with Crippen molar-refractivity contribution >= 4 is 11.6 Å². The van der Waals surface area contributed by atoms with Crippen LogP contribution in [0.4, 0.5) is 0 Å². The molecule has 1 aliphatic heterocycles. The van der Waals surface area contributed by atoms with Gasteiger partial charge in [0.2, 0.25) is 0 Å². The zero-order valence-electron chi connectivity index (χ0n) is 11.7. The average Bonchev–Trinajstić information content (AvgIpc) is 2.45. The number of benzene rings is 1. The highest BCUT2D eigenvalue weighted by Gasteiger charge is 2.29. The smallest absolute Gasteiger partial charge is 0.0450 e.